The van der Waals surface area contributed by atoms with Gasteiger partial charge in [-0.25, -0.2) is 4.99 Å². The van der Waals surface area contributed by atoms with Gasteiger partial charge >= 0.3 is 10.4 Å². The number of benzene rings is 1. The Bertz CT molecular complexity index is 1190. The van der Waals surface area contributed by atoms with E-state index in [9.17, 15) is 8.42 Å². The molecule has 29 heavy (non-hydrogen) atoms. The highest BCUT2D eigenvalue weighted by molar-refractivity contribution is 7.79. The fraction of sp³-hybridized carbons (Fsp3) is 0.231. The second-order valence-corrected chi connectivity index (χ2v) is 6.83. The number of aromatic nitrogens is 3. The lowest BCUT2D eigenvalue weighted by molar-refractivity contribution is -0.156. The molecule has 3 rings (SSSR count). The Hall–Kier alpha value is -2.73. The van der Waals surface area contributed by atoms with E-state index in [1.165, 1.54) is 0 Å². The van der Waals surface area contributed by atoms with Crippen molar-refractivity contribution in [3.8, 4) is 11.3 Å². The van der Waals surface area contributed by atoms with Crippen LogP contribution in [-0.2, 0) is 20.7 Å². The van der Waals surface area contributed by atoms with E-state index in [0.29, 0.717) is 11.1 Å². The van der Waals surface area contributed by atoms with E-state index in [-0.39, 0.29) is 17.0 Å². The molecule has 0 radical (unpaired) electrons. The van der Waals surface area contributed by atoms with Crippen molar-refractivity contribution < 1.29 is 36.2 Å². The minimum atomic E-state index is -4.67. The maximum atomic E-state index is 10.8. The molecule has 2 aromatic rings. The summed E-state index contributed by atoms with van der Waals surface area (Å²) in [5.41, 5.74) is 6.06. The van der Waals surface area contributed by atoms with Gasteiger partial charge in [-0.3, -0.25) is 14.8 Å². The second kappa shape index (κ2) is 10.2. The van der Waals surface area contributed by atoms with Gasteiger partial charge in [0.15, 0.2) is 0 Å². The van der Waals surface area contributed by atoms with Crippen molar-refractivity contribution in [1.29, 1.82) is 0 Å². The highest BCUT2D eigenvalue weighted by atomic mass is 32.3. The molecule has 16 heteroatoms. The van der Waals surface area contributed by atoms with Gasteiger partial charge < -0.3 is 10.2 Å². The minimum Gasteiger partial charge on any atom is -0.354 e. The van der Waals surface area contributed by atoms with Crippen LogP contribution in [0.5, 0.6) is 0 Å². The van der Waals surface area contributed by atoms with E-state index >= 15 is 0 Å². The largest absolute Gasteiger partial charge is 0.394 e. The van der Waals surface area contributed by atoms with Crippen molar-refractivity contribution in [3.63, 3.8) is 0 Å². The molecule has 0 bridgehead atoms. The topological polar surface area (TPSA) is 239 Å². The SMILES string of the molecule is CCC(N)(O)O.O=S(=O)(O)O.O=S(=O)=C1N=c2nnnc(-c3ccccc3)c2=N1. The molecule has 0 atom stereocenters. The molecule has 0 amide bonds. The average Bonchev–Trinajstić information content (AvgIpc) is 3.05. The van der Waals surface area contributed by atoms with Crippen LogP contribution in [0.4, 0.5) is 0 Å². The van der Waals surface area contributed by atoms with Gasteiger partial charge in [0.2, 0.25) is 11.4 Å². The van der Waals surface area contributed by atoms with Gasteiger partial charge in [-0.2, -0.15) is 21.8 Å². The molecule has 14 nitrogen and oxygen atoms in total. The van der Waals surface area contributed by atoms with Gasteiger partial charge in [0.05, 0.1) is 0 Å². The lowest BCUT2D eigenvalue weighted by atomic mass is 10.1. The van der Waals surface area contributed by atoms with E-state index in [1.807, 2.05) is 30.3 Å². The molecule has 6 N–H and O–H groups in total. The molecule has 0 fully saturated rings. The first-order valence-electron chi connectivity index (χ1n) is 7.43. The third kappa shape index (κ3) is 9.34. The summed E-state index contributed by atoms with van der Waals surface area (Å²) >= 11 is 0. The van der Waals surface area contributed by atoms with Gasteiger partial charge in [0.25, 0.3) is 15.4 Å². The third-order valence-electron chi connectivity index (χ3n) is 2.85. The molecule has 158 valence electrons. The molecule has 1 aromatic carbocycles. The summed E-state index contributed by atoms with van der Waals surface area (Å²) in [6, 6.07) is 9.20. The molecule has 1 aromatic heterocycles. The highest BCUT2D eigenvalue weighted by Gasteiger charge is 2.13. The van der Waals surface area contributed by atoms with E-state index in [2.05, 4.69) is 31.1 Å². The summed E-state index contributed by atoms with van der Waals surface area (Å²) in [6.45, 7) is 1.58. The third-order valence-corrected chi connectivity index (χ3v) is 3.33. The minimum absolute atomic E-state index is 0.160. The standard InChI is InChI=1S/C10H5N5O2S.C3H9NO2.H2O4S/c16-18(17)10-11-8-7(6-4-2-1-3-5-6)13-15-14-9(8)12-10;1-2-3(4,5)6;1-5(2,3)4/h1-5H;5-6H,2,4H2,1H3;(H2,1,2,3,4). The van der Waals surface area contributed by atoms with Crippen LogP contribution in [0, 0.1) is 0 Å². The lowest BCUT2D eigenvalue weighted by Crippen LogP contribution is -2.37. The Kier molecular flexibility index (Phi) is 8.52. The first-order chi connectivity index (χ1) is 13.3. The summed E-state index contributed by atoms with van der Waals surface area (Å²) in [7, 11) is -7.16. The quantitative estimate of drug-likeness (QED) is 0.176. The van der Waals surface area contributed by atoms with Crippen LogP contribution in [0.1, 0.15) is 13.3 Å². The Morgan fingerprint density at radius 3 is 2.03 bits per heavy atom. The number of nitrogens with two attached hydrogens (primary N) is 1. The smallest absolute Gasteiger partial charge is 0.354 e. The Morgan fingerprint density at radius 1 is 1.07 bits per heavy atom. The van der Waals surface area contributed by atoms with Crippen LogP contribution < -0.4 is 16.6 Å². The second-order valence-electron chi connectivity index (χ2n) is 5.10. The highest BCUT2D eigenvalue weighted by Crippen LogP contribution is 2.10. The zero-order chi connectivity index (χ0) is 22.2. The Morgan fingerprint density at radius 2 is 1.59 bits per heavy atom. The van der Waals surface area contributed by atoms with E-state index in [4.69, 9.17) is 27.7 Å². The lowest BCUT2D eigenvalue weighted by Gasteiger charge is -2.10. The van der Waals surface area contributed by atoms with Gasteiger partial charge in [0.1, 0.15) is 11.1 Å². The molecule has 1 aliphatic heterocycles. The Balaban J connectivity index is 0.000000319. The maximum Gasteiger partial charge on any atom is 0.394 e. The molecule has 0 saturated heterocycles. The fourth-order valence-corrected chi connectivity index (χ4v) is 1.89. The van der Waals surface area contributed by atoms with Crippen molar-refractivity contribution in [2.24, 2.45) is 15.7 Å². The van der Waals surface area contributed by atoms with Crippen LogP contribution in [0.2, 0.25) is 0 Å². The van der Waals surface area contributed by atoms with Crippen LogP contribution in [-0.4, -0.2) is 62.6 Å². The number of aliphatic hydroxyl groups is 2. The fourth-order valence-electron chi connectivity index (χ4n) is 1.56. The van der Waals surface area contributed by atoms with E-state index in [1.54, 1.807) is 6.92 Å². The normalized spacial score (nSPS) is 12.3. The van der Waals surface area contributed by atoms with Crippen molar-refractivity contribution in [2.75, 3.05) is 0 Å². The van der Waals surface area contributed by atoms with Gasteiger partial charge in [-0.1, -0.05) is 37.3 Å². The summed E-state index contributed by atoms with van der Waals surface area (Å²) in [4.78, 5) is 7.66. The maximum absolute atomic E-state index is 10.8. The van der Waals surface area contributed by atoms with Crippen molar-refractivity contribution in [2.45, 2.75) is 19.3 Å². The molecule has 2 heterocycles. The monoisotopic (exact) mass is 448 g/mol. The zero-order valence-electron chi connectivity index (χ0n) is 14.6. The number of rotatable bonds is 2. The summed E-state index contributed by atoms with van der Waals surface area (Å²) < 4.78 is 53.2. The van der Waals surface area contributed by atoms with Crippen LogP contribution in [0.15, 0.2) is 40.3 Å². The summed E-state index contributed by atoms with van der Waals surface area (Å²) in [5, 5.41) is 27.5. The van der Waals surface area contributed by atoms with Gasteiger partial charge in [-0.15, -0.1) is 10.2 Å². The molecule has 0 spiro atoms. The average molecular weight is 448 g/mol. The zero-order valence-corrected chi connectivity index (χ0v) is 16.3. The van der Waals surface area contributed by atoms with Crippen LogP contribution in [0.3, 0.4) is 0 Å². The van der Waals surface area contributed by atoms with Crippen LogP contribution >= 0.6 is 0 Å². The molecule has 1 aliphatic rings. The molecule has 0 unspecified atom stereocenters. The number of fused-ring (bicyclic) bond motifs is 1. The molecule has 0 saturated carbocycles. The number of hydrogen-bond donors (Lipinski definition) is 5. The predicted octanol–water partition coefficient (Wildman–Crippen LogP) is -2.90. The van der Waals surface area contributed by atoms with Gasteiger partial charge in [0, 0.05) is 12.0 Å². The number of nitrogens with zero attached hydrogens (tertiary/aromatic N) is 5. The molecular formula is C13H16N6O8S2. The van der Waals surface area contributed by atoms with E-state index in [0.717, 1.165) is 5.56 Å². The Labute approximate surface area is 165 Å². The van der Waals surface area contributed by atoms with Crippen molar-refractivity contribution in [3.05, 3.63) is 41.2 Å². The number of hydrogen-bond acceptors (Lipinski definition) is 10. The van der Waals surface area contributed by atoms with Gasteiger partial charge in [-0.05, 0) is 5.21 Å². The first-order valence-corrected chi connectivity index (χ1v) is 9.91. The molecule has 0 aliphatic carbocycles. The predicted molar refractivity (Wildman–Crippen MR) is 97.3 cm³/mol. The van der Waals surface area contributed by atoms with Crippen molar-refractivity contribution >= 4 is 25.8 Å². The first kappa shape index (κ1) is 24.3. The summed E-state index contributed by atoms with van der Waals surface area (Å²) in [5.74, 6) is -1.96. The molecular weight excluding hydrogens is 432 g/mol. The van der Waals surface area contributed by atoms with E-state index < -0.39 is 26.6 Å². The summed E-state index contributed by atoms with van der Waals surface area (Å²) in [6.07, 6.45) is 0.160. The van der Waals surface area contributed by atoms with Crippen LogP contribution in [0.25, 0.3) is 11.3 Å². The van der Waals surface area contributed by atoms with Crippen molar-refractivity contribution in [1.82, 2.24) is 15.4 Å².